The topological polar surface area (TPSA) is 58.6 Å². The molecule has 1 saturated heterocycles. The summed E-state index contributed by atoms with van der Waals surface area (Å²) in [6, 6.07) is 4.49. The summed E-state index contributed by atoms with van der Waals surface area (Å²) in [5, 5.41) is 3.08. The maximum Gasteiger partial charge on any atom is 0.416 e. The van der Waals surface area contributed by atoms with E-state index in [1.54, 1.807) is 32.9 Å². The van der Waals surface area contributed by atoms with Crippen molar-refractivity contribution in [2.24, 2.45) is 0 Å². The largest absolute Gasteiger partial charge is 0.444 e. The van der Waals surface area contributed by atoms with Crippen molar-refractivity contribution < 1.29 is 40.7 Å². The lowest BCUT2D eigenvalue weighted by Crippen LogP contribution is -2.52. The number of ether oxygens (including phenoxy) is 1. The number of piperidine rings is 1. The number of carbonyl (C=O) groups is 2. The minimum atomic E-state index is -5.10. The number of carbonyl (C=O) groups excluding carboxylic acids is 2. The smallest absolute Gasteiger partial charge is 0.416 e. The predicted octanol–water partition coefficient (Wildman–Crippen LogP) is 7.55. The highest BCUT2D eigenvalue weighted by Gasteiger charge is 2.39. The average molecular weight is 585 g/mol. The molecule has 5 nitrogen and oxygen atoms in total. The molecule has 38 heavy (non-hydrogen) atoms. The van der Waals surface area contributed by atoms with Gasteiger partial charge in [-0.25, -0.2) is 4.79 Å². The van der Waals surface area contributed by atoms with Gasteiger partial charge in [0.2, 0.25) is 0 Å². The summed E-state index contributed by atoms with van der Waals surface area (Å²) in [7, 11) is 0. The van der Waals surface area contributed by atoms with Crippen LogP contribution in [-0.2, 0) is 17.1 Å². The second-order valence-electron chi connectivity index (χ2n) is 9.90. The highest BCUT2D eigenvalue weighted by Crippen LogP contribution is 2.37. The molecule has 2 amide bonds. The first-order valence-electron chi connectivity index (χ1n) is 11.4. The van der Waals surface area contributed by atoms with Gasteiger partial charge in [0.1, 0.15) is 5.60 Å². The van der Waals surface area contributed by atoms with Crippen molar-refractivity contribution >= 4 is 35.2 Å². The third kappa shape index (κ3) is 7.69. The van der Waals surface area contributed by atoms with Gasteiger partial charge in [0.05, 0.1) is 11.1 Å². The fourth-order valence-corrected chi connectivity index (χ4v) is 4.62. The molecular weight excluding hydrogens is 561 g/mol. The normalized spacial score (nSPS) is 18.8. The first-order chi connectivity index (χ1) is 17.3. The summed E-state index contributed by atoms with van der Waals surface area (Å²) in [5.74, 6) is -1.78. The fraction of sp³-hybridized carbons (Fsp3) is 0.440. The van der Waals surface area contributed by atoms with Gasteiger partial charge in [-0.3, -0.25) is 4.79 Å². The first kappa shape index (κ1) is 29.9. The Bertz CT molecular complexity index is 1160. The zero-order valence-corrected chi connectivity index (χ0v) is 21.9. The monoisotopic (exact) mass is 584 g/mol. The van der Waals surface area contributed by atoms with Gasteiger partial charge in [-0.1, -0.05) is 23.2 Å². The maximum atomic E-state index is 13.3. The number of nitrogens with one attached hydrogen (secondary N) is 1. The van der Waals surface area contributed by atoms with Gasteiger partial charge in [0.25, 0.3) is 5.91 Å². The summed E-state index contributed by atoms with van der Waals surface area (Å²) in [6.07, 6.45) is -10.7. The summed E-state index contributed by atoms with van der Waals surface area (Å²) < 4.78 is 85.1. The molecule has 1 aliphatic heterocycles. The number of nitrogens with zero attached hydrogens (tertiary/aromatic N) is 1. The molecule has 0 aromatic heterocycles. The highest BCUT2D eigenvalue weighted by molar-refractivity contribution is 6.34. The first-order valence-corrected chi connectivity index (χ1v) is 12.1. The van der Waals surface area contributed by atoms with Gasteiger partial charge in [-0.05, 0) is 69.2 Å². The number of rotatable bonds is 3. The highest BCUT2D eigenvalue weighted by atomic mass is 35.5. The zero-order valence-electron chi connectivity index (χ0n) is 20.4. The van der Waals surface area contributed by atoms with E-state index in [9.17, 15) is 35.9 Å². The summed E-state index contributed by atoms with van der Waals surface area (Å²) in [6.45, 7) is 5.21. The van der Waals surface area contributed by atoms with E-state index in [1.807, 2.05) is 0 Å². The van der Waals surface area contributed by atoms with Crippen LogP contribution in [0.5, 0.6) is 0 Å². The minimum absolute atomic E-state index is 0.0208. The summed E-state index contributed by atoms with van der Waals surface area (Å²) >= 11 is 12.3. The van der Waals surface area contributed by atoms with E-state index in [0.717, 1.165) is 0 Å². The number of halogens is 8. The van der Waals surface area contributed by atoms with Crippen LogP contribution in [0.4, 0.5) is 31.1 Å². The van der Waals surface area contributed by atoms with Gasteiger partial charge < -0.3 is 15.0 Å². The van der Waals surface area contributed by atoms with Crippen LogP contribution in [0.15, 0.2) is 36.4 Å². The Labute approximate surface area is 225 Å². The maximum absolute atomic E-state index is 13.3. The molecule has 2 unspecified atom stereocenters. The second-order valence-corrected chi connectivity index (χ2v) is 10.8. The van der Waals surface area contributed by atoms with E-state index >= 15 is 0 Å². The van der Waals surface area contributed by atoms with Crippen LogP contribution in [0.1, 0.15) is 60.2 Å². The molecule has 208 valence electrons. The molecular formula is C25H24Cl2F6N2O3. The van der Waals surface area contributed by atoms with Crippen LogP contribution >= 0.6 is 23.2 Å². The van der Waals surface area contributed by atoms with Crippen LogP contribution in [0.3, 0.4) is 0 Å². The Morgan fingerprint density at radius 3 is 1.89 bits per heavy atom. The van der Waals surface area contributed by atoms with Crippen LogP contribution in [0, 0.1) is 0 Å². The van der Waals surface area contributed by atoms with Crippen molar-refractivity contribution in [2.45, 2.75) is 57.1 Å². The lowest BCUT2D eigenvalue weighted by atomic mass is 9.85. The van der Waals surface area contributed by atoms with Crippen molar-refractivity contribution in [1.29, 1.82) is 0 Å². The molecule has 0 bridgehead atoms. The molecule has 0 spiro atoms. The summed E-state index contributed by atoms with van der Waals surface area (Å²) in [5.41, 5.74) is -4.27. The molecule has 0 saturated carbocycles. The molecule has 2 atom stereocenters. The molecule has 2 aromatic carbocycles. The number of hydrogen-bond donors (Lipinski definition) is 1. The molecule has 0 radical (unpaired) electrons. The molecule has 1 heterocycles. The zero-order chi connectivity index (χ0) is 28.6. The van der Waals surface area contributed by atoms with Gasteiger partial charge in [0.15, 0.2) is 0 Å². The van der Waals surface area contributed by atoms with Crippen LogP contribution in [0.2, 0.25) is 10.0 Å². The molecule has 2 aromatic rings. The van der Waals surface area contributed by atoms with Gasteiger partial charge >= 0.3 is 18.4 Å². The average Bonchev–Trinajstić information content (AvgIpc) is 2.76. The van der Waals surface area contributed by atoms with Crippen LogP contribution < -0.4 is 5.32 Å². The number of hydrogen-bond acceptors (Lipinski definition) is 3. The number of alkyl halides is 6. The lowest BCUT2D eigenvalue weighted by Gasteiger charge is -2.39. The van der Waals surface area contributed by atoms with Gasteiger partial charge in [0, 0.05) is 40.7 Å². The van der Waals surface area contributed by atoms with E-state index in [0.29, 0.717) is 17.7 Å². The number of benzene rings is 2. The van der Waals surface area contributed by atoms with Crippen molar-refractivity contribution in [3.63, 3.8) is 0 Å². The van der Waals surface area contributed by atoms with Crippen LogP contribution in [-0.4, -0.2) is 41.6 Å². The van der Waals surface area contributed by atoms with E-state index in [1.165, 1.54) is 11.0 Å². The second kappa shape index (κ2) is 10.8. The quantitative estimate of drug-likeness (QED) is 0.379. The van der Waals surface area contributed by atoms with E-state index in [-0.39, 0.29) is 35.6 Å². The molecule has 1 N–H and O–H groups in total. The Kier molecular flexibility index (Phi) is 8.53. The Morgan fingerprint density at radius 1 is 0.895 bits per heavy atom. The Hall–Kier alpha value is -2.66. The molecule has 3 rings (SSSR count). The molecule has 0 aliphatic carbocycles. The van der Waals surface area contributed by atoms with E-state index in [2.05, 4.69) is 5.32 Å². The molecule has 13 heteroatoms. The lowest BCUT2D eigenvalue weighted by molar-refractivity contribution is -0.143. The standard InChI is InChI=1S/C25H24Cl2F6N2O3/c1-23(2,3)38-22(37)35-5-4-20(19(12-35)13-8-17(26)11-18(27)9-13)34-21(36)14-6-15(24(28,29)30)10-16(7-14)25(31,32)33/h6-11,19-20H,4-5,12H2,1-3H3,(H,34,36). The Morgan fingerprint density at radius 2 is 1.42 bits per heavy atom. The van der Waals surface area contributed by atoms with Crippen LogP contribution in [0.25, 0.3) is 0 Å². The SMILES string of the molecule is CC(C)(C)OC(=O)N1CCC(NC(=O)c2cc(C(F)(F)F)cc(C(F)(F)F)c2)C(c2cc(Cl)cc(Cl)c2)C1. The molecule has 1 aliphatic rings. The van der Waals surface area contributed by atoms with Gasteiger partial charge in [-0.2, -0.15) is 26.3 Å². The third-order valence-corrected chi connectivity index (χ3v) is 6.18. The van der Waals surface area contributed by atoms with Crippen molar-refractivity contribution in [1.82, 2.24) is 10.2 Å². The predicted molar refractivity (Wildman–Crippen MR) is 129 cm³/mol. The van der Waals surface area contributed by atoms with Crippen molar-refractivity contribution in [3.8, 4) is 0 Å². The van der Waals surface area contributed by atoms with Crippen molar-refractivity contribution in [3.05, 3.63) is 68.7 Å². The fourth-order valence-electron chi connectivity index (χ4n) is 4.08. The minimum Gasteiger partial charge on any atom is -0.444 e. The van der Waals surface area contributed by atoms with E-state index in [4.69, 9.17) is 27.9 Å². The summed E-state index contributed by atoms with van der Waals surface area (Å²) in [4.78, 5) is 27.1. The van der Waals surface area contributed by atoms with Gasteiger partial charge in [-0.15, -0.1) is 0 Å². The third-order valence-electron chi connectivity index (χ3n) is 5.74. The number of likely N-dealkylation sites (tertiary alicyclic amines) is 1. The Balaban J connectivity index is 1.95. The van der Waals surface area contributed by atoms with Crippen molar-refractivity contribution in [2.75, 3.05) is 13.1 Å². The van der Waals surface area contributed by atoms with E-state index < -0.39 is 58.6 Å². The number of amides is 2. The molecule has 1 fully saturated rings.